The van der Waals surface area contributed by atoms with Crippen LogP contribution in [0.4, 0.5) is 0 Å². The summed E-state index contributed by atoms with van der Waals surface area (Å²) in [5.41, 5.74) is 0.876. The maximum atomic E-state index is 5.78. The zero-order chi connectivity index (χ0) is 17.8. The summed E-state index contributed by atoms with van der Waals surface area (Å²) < 4.78 is 10.9. The van der Waals surface area contributed by atoms with Crippen molar-refractivity contribution in [1.82, 2.24) is 15.6 Å². The number of aromatic nitrogens is 1. The number of halogens is 1. The molecule has 0 saturated heterocycles. The van der Waals surface area contributed by atoms with Crippen LogP contribution in [0.25, 0.3) is 0 Å². The minimum atomic E-state index is 0. The summed E-state index contributed by atoms with van der Waals surface area (Å²) in [6, 6.07) is 5.70. The first kappa shape index (κ1) is 23.9. The highest BCUT2D eigenvalue weighted by Crippen LogP contribution is 2.10. The predicted octanol–water partition coefficient (Wildman–Crippen LogP) is 3.21. The summed E-state index contributed by atoms with van der Waals surface area (Å²) in [4.78, 5) is 8.96. The first-order valence-corrected chi connectivity index (χ1v) is 8.74. The zero-order valence-electron chi connectivity index (χ0n) is 16.0. The van der Waals surface area contributed by atoms with Crippen LogP contribution in [0.3, 0.4) is 0 Å². The SMILES string of the molecule is CCNC(=NCc1cccc(OC)n1)NCCC(OCC)C(C)C.I. The molecule has 1 unspecified atom stereocenters. The first-order chi connectivity index (χ1) is 11.6. The Labute approximate surface area is 169 Å². The quantitative estimate of drug-likeness (QED) is 0.316. The molecule has 0 saturated carbocycles. The standard InChI is InChI=1S/C18H32N4O2.HI/c1-6-19-18(20-12-11-16(14(3)4)24-7-2)21-13-15-9-8-10-17(22-15)23-5;/h8-10,14,16H,6-7,11-13H2,1-5H3,(H2,19,20,21);1H. The summed E-state index contributed by atoms with van der Waals surface area (Å²) in [7, 11) is 1.62. The molecule has 7 heteroatoms. The second kappa shape index (κ2) is 14.1. The van der Waals surface area contributed by atoms with Crippen LogP contribution >= 0.6 is 24.0 Å². The Balaban J connectivity index is 0.00000576. The molecule has 0 aliphatic carbocycles. The Morgan fingerprint density at radius 3 is 2.60 bits per heavy atom. The molecule has 0 amide bonds. The van der Waals surface area contributed by atoms with Crippen LogP contribution in [0.2, 0.25) is 0 Å². The van der Waals surface area contributed by atoms with E-state index >= 15 is 0 Å². The van der Waals surface area contributed by atoms with Crippen molar-refractivity contribution < 1.29 is 9.47 Å². The molecule has 1 heterocycles. The Hall–Kier alpha value is -1.09. The van der Waals surface area contributed by atoms with Gasteiger partial charge in [0.15, 0.2) is 5.96 Å². The van der Waals surface area contributed by atoms with Crippen molar-refractivity contribution in [3.63, 3.8) is 0 Å². The number of aliphatic imine (C=N–C) groups is 1. The molecule has 2 N–H and O–H groups in total. The van der Waals surface area contributed by atoms with E-state index in [1.165, 1.54) is 0 Å². The lowest BCUT2D eigenvalue weighted by atomic mass is 10.0. The Morgan fingerprint density at radius 2 is 2.00 bits per heavy atom. The molecule has 1 atom stereocenters. The van der Waals surface area contributed by atoms with Crippen molar-refractivity contribution in [2.24, 2.45) is 10.9 Å². The highest BCUT2D eigenvalue weighted by atomic mass is 127. The van der Waals surface area contributed by atoms with Gasteiger partial charge in [-0.05, 0) is 32.3 Å². The van der Waals surface area contributed by atoms with E-state index in [1.54, 1.807) is 7.11 Å². The van der Waals surface area contributed by atoms with Gasteiger partial charge in [-0.2, -0.15) is 0 Å². The van der Waals surface area contributed by atoms with Gasteiger partial charge in [-0.1, -0.05) is 19.9 Å². The number of pyridine rings is 1. The Morgan fingerprint density at radius 1 is 1.24 bits per heavy atom. The molecular formula is C18H33IN4O2. The van der Waals surface area contributed by atoms with Crippen LogP contribution < -0.4 is 15.4 Å². The van der Waals surface area contributed by atoms with Crippen molar-refractivity contribution >= 4 is 29.9 Å². The number of hydrogen-bond donors (Lipinski definition) is 2. The fourth-order valence-electron chi connectivity index (χ4n) is 2.32. The second-order valence-electron chi connectivity index (χ2n) is 5.82. The molecule has 0 aliphatic rings. The van der Waals surface area contributed by atoms with Crippen LogP contribution in [0.15, 0.2) is 23.2 Å². The summed E-state index contributed by atoms with van der Waals surface area (Å²) in [5, 5.41) is 6.62. The van der Waals surface area contributed by atoms with Gasteiger partial charge in [0, 0.05) is 25.8 Å². The molecule has 144 valence electrons. The van der Waals surface area contributed by atoms with Gasteiger partial charge in [0.2, 0.25) is 5.88 Å². The minimum absolute atomic E-state index is 0. The van der Waals surface area contributed by atoms with Crippen LogP contribution in [0.1, 0.15) is 39.8 Å². The summed E-state index contributed by atoms with van der Waals surface area (Å²) >= 11 is 0. The van der Waals surface area contributed by atoms with Crippen LogP contribution in [0, 0.1) is 5.92 Å². The van der Waals surface area contributed by atoms with Crippen molar-refractivity contribution in [3.05, 3.63) is 23.9 Å². The smallest absolute Gasteiger partial charge is 0.213 e. The van der Waals surface area contributed by atoms with Crippen molar-refractivity contribution in [3.8, 4) is 5.88 Å². The molecule has 0 aromatic carbocycles. The van der Waals surface area contributed by atoms with E-state index in [2.05, 4.69) is 41.4 Å². The molecule has 0 spiro atoms. The molecule has 0 radical (unpaired) electrons. The molecule has 0 bridgehead atoms. The van der Waals surface area contributed by atoms with Gasteiger partial charge in [0.1, 0.15) is 0 Å². The number of rotatable bonds is 10. The maximum absolute atomic E-state index is 5.78. The largest absolute Gasteiger partial charge is 0.481 e. The molecule has 0 fully saturated rings. The van der Waals surface area contributed by atoms with E-state index in [0.29, 0.717) is 18.3 Å². The predicted molar refractivity (Wildman–Crippen MR) is 114 cm³/mol. The van der Waals surface area contributed by atoms with E-state index in [-0.39, 0.29) is 30.1 Å². The summed E-state index contributed by atoms with van der Waals surface area (Å²) in [5.74, 6) is 1.91. The molecule has 6 nitrogen and oxygen atoms in total. The fourth-order valence-corrected chi connectivity index (χ4v) is 2.32. The average Bonchev–Trinajstić information content (AvgIpc) is 2.58. The lowest BCUT2D eigenvalue weighted by Crippen LogP contribution is -2.39. The van der Waals surface area contributed by atoms with Gasteiger partial charge in [0.25, 0.3) is 0 Å². The van der Waals surface area contributed by atoms with Gasteiger partial charge in [-0.25, -0.2) is 9.98 Å². The number of ether oxygens (including phenoxy) is 2. The molecule has 0 aliphatic heterocycles. The zero-order valence-corrected chi connectivity index (χ0v) is 18.4. The highest BCUT2D eigenvalue weighted by molar-refractivity contribution is 14.0. The van der Waals surface area contributed by atoms with Crippen molar-refractivity contribution in [2.45, 2.75) is 46.8 Å². The summed E-state index contributed by atoms with van der Waals surface area (Å²) in [6.45, 7) is 11.4. The number of nitrogens with one attached hydrogen (secondary N) is 2. The third kappa shape index (κ3) is 9.84. The van der Waals surface area contributed by atoms with E-state index in [4.69, 9.17) is 9.47 Å². The van der Waals surface area contributed by atoms with Crippen LogP contribution in [-0.4, -0.2) is 43.9 Å². The topological polar surface area (TPSA) is 67.8 Å². The van der Waals surface area contributed by atoms with Gasteiger partial charge < -0.3 is 20.1 Å². The molecule has 25 heavy (non-hydrogen) atoms. The van der Waals surface area contributed by atoms with Crippen LogP contribution in [0.5, 0.6) is 5.88 Å². The van der Waals surface area contributed by atoms with E-state index in [1.807, 2.05) is 25.1 Å². The lowest BCUT2D eigenvalue weighted by Gasteiger charge is -2.21. The summed E-state index contributed by atoms with van der Waals surface area (Å²) in [6.07, 6.45) is 1.22. The van der Waals surface area contributed by atoms with Gasteiger partial charge in [-0.15, -0.1) is 24.0 Å². The van der Waals surface area contributed by atoms with Gasteiger partial charge >= 0.3 is 0 Å². The highest BCUT2D eigenvalue weighted by Gasteiger charge is 2.12. The minimum Gasteiger partial charge on any atom is -0.481 e. The number of hydrogen-bond acceptors (Lipinski definition) is 4. The van der Waals surface area contributed by atoms with Gasteiger partial charge in [0.05, 0.1) is 25.5 Å². The van der Waals surface area contributed by atoms with Crippen LogP contribution in [-0.2, 0) is 11.3 Å². The number of nitrogens with zero attached hydrogens (tertiary/aromatic N) is 2. The Kier molecular flexibility index (Phi) is 13.5. The molecular weight excluding hydrogens is 431 g/mol. The fraction of sp³-hybridized carbons (Fsp3) is 0.667. The van der Waals surface area contributed by atoms with E-state index in [0.717, 1.165) is 37.8 Å². The average molecular weight is 464 g/mol. The second-order valence-corrected chi connectivity index (χ2v) is 5.82. The maximum Gasteiger partial charge on any atom is 0.213 e. The lowest BCUT2D eigenvalue weighted by molar-refractivity contribution is 0.0258. The monoisotopic (exact) mass is 464 g/mol. The normalized spacial score (nSPS) is 12.5. The van der Waals surface area contributed by atoms with E-state index in [9.17, 15) is 0 Å². The number of guanidine groups is 1. The third-order valence-electron chi connectivity index (χ3n) is 3.58. The van der Waals surface area contributed by atoms with Crippen molar-refractivity contribution in [1.29, 1.82) is 0 Å². The van der Waals surface area contributed by atoms with Crippen molar-refractivity contribution in [2.75, 3.05) is 26.8 Å². The van der Waals surface area contributed by atoms with Gasteiger partial charge in [-0.3, -0.25) is 0 Å². The third-order valence-corrected chi connectivity index (χ3v) is 3.58. The molecule has 1 aromatic rings. The Bertz CT molecular complexity index is 498. The first-order valence-electron chi connectivity index (χ1n) is 8.74. The molecule has 1 aromatic heterocycles. The molecule has 1 rings (SSSR count). The van der Waals surface area contributed by atoms with E-state index < -0.39 is 0 Å². The number of methoxy groups -OCH3 is 1.